The van der Waals surface area contributed by atoms with Crippen molar-refractivity contribution in [2.24, 2.45) is 5.16 Å². The number of nitrogens with two attached hydrogens (primary N) is 1. The predicted octanol–water partition coefficient (Wildman–Crippen LogP) is 2.55. The summed E-state index contributed by atoms with van der Waals surface area (Å²) >= 11 is 4.64. The quantitative estimate of drug-likeness (QED) is 0.106. The van der Waals surface area contributed by atoms with Gasteiger partial charge in [0.2, 0.25) is 5.60 Å². The zero-order valence-electron chi connectivity index (χ0n) is 22.7. The van der Waals surface area contributed by atoms with Gasteiger partial charge in [0.25, 0.3) is 11.8 Å². The van der Waals surface area contributed by atoms with Crippen molar-refractivity contribution in [2.75, 3.05) is 17.2 Å². The van der Waals surface area contributed by atoms with E-state index >= 15 is 0 Å². The number of rotatable bonds is 10. The Morgan fingerprint density at radius 3 is 2.68 bits per heavy atom. The molecule has 3 aromatic rings. The molecule has 1 fully saturated rings. The molecular weight excluding hydrogens is 658 g/mol. The number of nitrogens with one attached hydrogen (secondary N) is 1. The molecule has 2 aliphatic rings. The van der Waals surface area contributed by atoms with Crippen molar-refractivity contribution in [3.05, 3.63) is 62.7 Å². The third-order valence-corrected chi connectivity index (χ3v) is 10.8. The van der Waals surface area contributed by atoms with Gasteiger partial charge in [0.1, 0.15) is 28.6 Å². The van der Waals surface area contributed by atoms with Crippen LogP contribution in [0.25, 0.3) is 10.1 Å². The summed E-state index contributed by atoms with van der Waals surface area (Å²) in [5, 5.41) is 26.7. The van der Waals surface area contributed by atoms with Gasteiger partial charge in [-0.05, 0) is 37.6 Å². The van der Waals surface area contributed by atoms with Crippen LogP contribution in [0.5, 0.6) is 0 Å². The summed E-state index contributed by atoms with van der Waals surface area (Å²) < 4.78 is 14.7. The average molecular weight is 680 g/mol. The normalized spacial score (nSPS) is 18.6. The highest BCUT2D eigenvalue weighted by Crippen LogP contribution is 2.42. The van der Waals surface area contributed by atoms with Crippen LogP contribution in [0.15, 0.2) is 55.1 Å². The van der Waals surface area contributed by atoms with E-state index < -0.39 is 52.3 Å². The summed E-state index contributed by atoms with van der Waals surface area (Å²) in [5.41, 5.74) is 3.40. The van der Waals surface area contributed by atoms with Gasteiger partial charge in [0.15, 0.2) is 16.3 Å². The van der Waals surface area contributed by atoms with E-state index in [0.29, 0.717) is 19.9 Å². The zero-order valence-corrected chi connectivity index (χ0v) is 26.0. The molecule has 1 saturated heterocycles. The van der Waals surface area contributed by atoms with Gasteiger partial charge in [-0.25, -0.2) is 19.0 Å². The first kappa shape index (κ1) is 31.4. The molecule has 2 aliphatic heterocycles. The van der Waals surface area contributed by atoms with Gasteiger partial charge in [0, 0.05) is 33.0 Å². The maximum Gasteiger partial charge on any atom is 0.352 e. The fourth-order valence-corrected chi connectivity index (χ4v) is 8.42. The lowest BCUT2D eigenvalue weighted by atomic mass is 10.0. The van der Waals surface area contributed by atoms with Gasteiger partial charge in [-0.2, -0.15) is 0 Å². The number of hydrogen-bond donors (Lipinski definition) is 4. The smallest absolute Gasteiger partial charge is 0.352 e. The molecule has 5 N–H and O–H groups in total. The number of fused-ring (bicyclic) bond motifs is 2. The topological polar surface area (TPSA) is 202 Å². The maximum atomic E-state index is 13.7. The molecule has 18 heteroatoms. The van der Waals surface area contributed by atoms with Crippen LogP contribution >= 0.6 is 46.2 Å². The van der Waals surface area contributed by atoms with Crippen LogP contribution in [0.1, 0.15) is 19.5 Å². The highest BCUT2D eigenvalue weighted by molar-refractivity contribution is 8.02. The summed E-state index contributed by atoms with van der Waals surface area (Å²) in [4.78, 5) is 72.8. The number of β-lactam (4-membered cyclic amide) rings is 1. The number of nitrogen functional groups attached to an aromatic ring is 1. The van der Waals surface area contributed by atoms with E-state index in [9.17, 15) is 38.6 Å². The molecule has 2 amide bonds. The highest BCUT2D eigenvalue weighted by atomic mass is 32.2. The largest absolute Gasteiger partial charge is 0.478 e. The number of carbonyl (C=O) groups excluding carboxylic acids is 2. The molecule has 0 saturated carbocycles. The molecule has 2 aromatic heterocycles. The second kappa shape index (κ2) is 12.2. The average Bonchev–Trinajstić information content (AvgIpc) is 3.39. The number of anilines is 1. The Bertz CT molecular complexity index is 1840. The predicted molar refractivity (Wildman–Crippen MR) is 164 cm³/mol. The molecule has 5 rings (SSSR count). The van der Waals surface area contributed by atoms with E-state index in [-0.39, 0.29) is 33.5 Å². The Balaban J connectivity index is 1.34. The van der Waals surface area contributed by atoms with Crippen LogP contribution in [-0.2, 0) is 24.0 Å². The number of hydrogen-bond acceptors (Lipinski definition) is 13. The van der Waals surface area contributed by atoms with Crippen LogP contribution in [-0.4, -0.2) is 78.1 Å². The first-order chi connectivity index (χ1) is 20.8. The van der Waals surface area contributed by atoms with Crippen molar-refractivity contribution in [3.8, 4) is 0 Å². The number of halogens is 1. The van der Waals surface area contributed by atoms with Gasteiger partial charge >= 0.3 is 11.9 Å². The summed E-state index contributed by atoms with van der Waals surface area (Å²) in [6.07, 6.45) is 0. The number of oxime groups is 1. The van der Waals surface area contributed by atoms with E-state index in [4.69, 9.17) is 10.6 Å². The number of carboxylic acid groups (broad SMARTS) is 2. The van der Waals surface area contributed by atoms with Crippen LogP contribution < -0.4 is 16.5 Å². The number of thioether (sulfide) groups is 2. The molecule has 230 valence electrons. The summed E-state index contributed by atoms with van der Waals surface area (Å²) in [6, 6.07) is 4.17. The summed E-state index contributed by atoms with van der Waals surface area (Å²) in [5.74, 6) is -4.37. The number of carbonyl (C=O) groups is 4. The zero-order chi connectivity index (χ0) is 31.9. The number of aliphatic carboxylic acids is 2. The van der Waals surface area contributed by atoms with Crippen molar-refractivity contribution in [1.29, 1.82) is 0 Å². The second-order valence-corrected chi connectivity index (χ2v) is 14.2. The van der Waals surface area contributed by atoms with Crippen molar-refractivity contribution in [1.82, 2.24) is 15.2 Å². The number of benzene rings is 1. The van der Waals surface area contributed by atoms with E-state index in [1.165, 1.54) is 78.4 Å². The lowest BCUT2D eigenvalue weighted by Crippen LogP contribution is -2.71. The van der Waals surface area contributed by atoms with Gasteiger partial charge < -0.3 is 26.1 Å². The monoisotopic (exact) mass is 679 g/mol. The lowest BCUT2D eigenvalue weighted by Gasteiger charge is -2.49. The molecule has 0 aliphatic carbocycles. The Kier molecular flexibility index (Phi) is 8.70. The minimum atomic E-state index is -1.79. The van der Waals surface area contributed by atoms with Gasteiger partial charge in [-0.15, -0.1) is 46.2 Å². The highest BCUT2D eigenvalue weighted by Gasteiger charge is 2.54. The van der Waals surface area contributed by atoms with Gasteiger partial charge in [0.05, 0.1) is 4.21 Å². The number of thiazole rings is 1. The lowest BCUT2D eigenvalue weighted by molar-refractivity contribution is -0.161. The molecule has 0 radical (unpaired) electrons. The van der Waals surface area contributed by atoms with Crippen molar-refractivity contribution >= 4 is 90.9 Å². The van der Waals surface area contributed by atoms with Crippen LogP contribution in [0.2, 0.25) is 0 Å². The first-order valence-electron chi connectivity index (χ1n) is 12.5. The standard InChI is InChI=1S/C26H22FN5O8S4/c1-26(2,24(38)39)40-31-17(13-9-43-25(28)29-13)20(34)30-18-21(35)32-19(23(36)37)10(8-42-22(18)32)7-41-16-6-14(33)12-4-3-11(27)5-15(12)44-16/h3-6,9,18,22H,7-8H2,1-2H3,(H2,28,29)(H,30,34)(H,36,37)(H,38,39)/b31-17+/t18-,22-/m1/s1. The van der Waals surface area contributed by atoms with Gasteiger partial charge in [-0.1, -0.05) is 5.16 Å². The Morgan fingerprint density at radius 1 is 1.27 bits per heavy atom. The molecule has 0 bridgehead atoms. The SMILES string of the molecule is CC(C)(O/N=C(/C(=O)N[C@@H]1C(=O)N2C(C(=O)O)=C(CSc3cc(=O)c4ccc(F)cc4s3)CS[C@H]12)c1csc(N)n1)C(=O)O. The second-order valence-electron chi connectivity index (χ2n) is 9.89. The van der Waals surface area contributed by atoms with E-state index in [1.807, 2.05) is 0 Å². The minimum absolute atomic E-state index is 0.00437. The number of nitrogens with zero attached hydrogens (tertiary/aromatic N) is 3. The molecule has 44 heavy (non-hydrogen) atoms. The molecule has 0 unspecified atom stereocenters. The van der Waals surface area contributed by atoms with Crippen molar-refractivity contribution in [2.45, 2.75) is 35.1 Å². The van der Waals surface area contributed by atoms with Gasteiger partial charge in [-0.3, -0.25) is 19.3 Å². The third-order valence-electron chi connectivity index (χ3n) is 6.45. The maximum absolute atomic E-state index is 13.7. The molecule has 0 spiro atoms. The Morgan fingerprint density at radius 2 is 2.02 bits per heavy atom. The summed E-state index contributed by atoms with van der Waals surface area (Å²) in [7, 11) is 0. The molecule has 4 heterocycles. The van der Waals surface area contributed by atoms with E-state index in [1.54, 1.807) is 0 Å². The minimum Gasteiger partial charge on any atom is -0.478 e. The Labute approximate surface area is 264 Å². The number of carboxylic acids is 2. The van der Waals surface area contributed by atoms with Crippen LogP contribution in [0.4, 0.5) is 9.52 Å². The van der Waals surface area contributed by atoms with Crippen LogP contribution in [0, 0.1) is 5.82 Å². The van der Waals surface area contributed by atoms with E-state index in [2.05, 4.69) is 15.5 Å². The van der Waals surface area contributed by atoms with E-state index in [0.717, 1.165) is 16.2 Å². The third kappa shape index (κ3) is 6.15. The fourth-order valence-electron chi connectivity index (χ4n) is 4.14. The van der Waals surface area contributed by atoms with Crippen molar-refractivity contribution < 1.29 is 38.6 Å². The van der Waals surface area contributed by atoms with Crippen LogP contribution in [0.3, 0.4) is 0 Å². The molecule has 13 nitrogen and oxygen atoms in total. The van der Waals surface area contributed by atoms with Crippen molar-refractivity contribution in [3.63, 3.8) is 0 Å². The molecule has 2 atom stereocenters. The summed E-state index contributed by atoms with van der Waals surface area (Å²) in [6.45, 7) is 2.46. The first-order valence-corrected chi connectivity index (χ1v) is 16.3. The number of amides is 2. The number of aromatic nitrogens is 1. The molecule has 1 aromatic carbocycles. The molecular formula is C26H22FN5O8S4. The fraction of sp³-hybridized carbons (Fsp3) is 0.269. The Hall–Kier alpha value is -4.00.